The molecule has 3 atom stereocenters. The normalized spacial score (nSPS) is 29.2. The van der Waals surface area contributed by atoms with Gasteiger partial charge in [-0.05, 0) is 54.5 Å². The van der Waals surface area contributed by atoms with E-state index in [0.29, 0.717) is 12.0 Å². The molecule has 0 aromatic carbocycles. The molecule has 3 heteroatoms. The molecular weight excluding hydrogens is 226 g/mol. The number of ether oxygens (including phenoxy) is 2. The molecule has 0 amide bonds. The van der Waals surface area contributed by atoms with Crippen LogP contribution in [0.15, 0.2) is 0 Å². The molecule has 3 unspecified atom stereocenters. The molecule has 0 aromatic rings. The maximum atomic E-state index is 6.21. The monoisotopic (exact) mass is 257 g/mol. The number of nitrogens with one attached hydrogen (secondary N) is 1. The Morgan fingerprint density at radius 1 is 1.28 bits per heavy atom. The van der Waals surface area contributed by atoms with Gasteiger partial charge < -0.3 is 14.8 Å². The third kappa shape index (κ3) is 3.46. The lowest BCUT2D eigenvalue weighted by Gasteiger charge is -2.37. The zero-order valence-corrected chi connectivity index (χ0v) is 13.2. The van der Waals surface area contributed by atoms with Crippen LogP contribution < -0.4 is 5.32 Å². The molecule has 3 nitrogen and oxygen atoms in total. The van der Waals surface area contributed by atoms with E-state index in [2.05, 4.69) is 46.9 Å². The van der Waals surface area contributed by atoms with Crippen molar-refractivity contribution in [3.8, 4) is 0 Å². The first-order chi connectivity index (χ1) is 8.27. The second-order valence-electron chi connectivity index (χ2n) is 6.49. The van der Waals surface area contributed by atoms with Crippen LogP contribution in [-0.2, 0) is 9.47 Å². The van der Waals surface area contributed by atoms with Gasteiger partial charge in [-0.2, -0.15) is 0 Å². The predicted octanol–water partition coefficient (Wildman–Crippen LogP) is 2.98. The highest BCUT2D eigenvalue weighted by molar-refractivity contribution is 5.01. The van der Waals surface area contributed by atoms with E-state index >= 15 is 0 Å². The fourth-order valence-electron chi connectivity index (χ4n) is 3.50. The van der Waals surface area contributed by atoms with Crippen LogP contribution in [0.25, 0.3) is 0 Å². The van der Waals surface area contributed by atoms with Crippen molar-refractivity contribution in [2.24, 2.45) is 5.92 Å². The summed E-state index contributed by atoms with van der Waals surface area (Å²) in [5.41, 5.74) is -0.129. The second-order valence-corrected chi connectivity index (χ2v) is 6.49. The van der Waals surface area contributed by atoms with E-state index in [0.717, 1.165) is 19.4 Å². The Labute approximate surface area is 113 Å². The first-order valence-electron chi connectivity index (χ1n) is 7.26. The Morgan fingerprint density at radius 2 is 1.89 bits per heavy atom. The standard InChI is InChI=1S/C15H31NO2/c1-8-12(17-9-2)13(16-7)11-10-14(3,4)18-15(11,5)6/h11-13,16H,8-10H2,1-7H3. The summed E-state index contributed by atoms with van der Waals surface area (Å²) in [4.78, 5) is 0. The van der Waals surface area contributed by atoms with Gasteiger partial charge in [0, 0.05) is 18.6 Å². The molecule has 1 fully saturated rings. The molecule has 1 N–H and O–H groups in total. The summed E-state index contributed by atoms with van der Waals surface area (Å²) in [6, 6.07) is 0.353. The van der Waals surface area contributed by atoms with Gasteiger partial charge >= 0.3 is 0 Å². The fourth-order valence-corrected chi connectivity index (χ4v) is 3.50. The summed E-state index contributed by atoms with van der Waals surface area (Å²) in [6.45, 7) is 13.8. The number of hydrogen-bond acceptors (Lipinski definition) is 3. The quantitative estimate of drug-likeness (QED) is 0.793. The minimum Gasteiger partial charge on any atom is -0.377 e. The summed E-state index contributed by atoms with van der Waals surface area (Å²) in [7, 11) is 2.04. The van der Waals surface area contributed by atoms with E-state index < -0.39 is 0 Å². The zero-order chi connectivity index (χ0) is 14.0. The highest BCUT2D eigenvalue weighted by Gasteiger charge is 2.50. The van der Waals surface area contributed by atoms with E-state index in [1.807, 2.05) is 7.05 Å². The molecule has 1 heterocycles. The maximum Gasteiger partial charge on any atom is 0.0728 e. The van der Waals surface area contributed by atoms with Crippen molar-refractivity contribution < 1.29 is 9.47 Å². The SMILES string of the molecule is CCOC(CC)C(NC)C1CC(C)(C)OC1(C)C. The van der Waals surface area contributed by atoms with Gasteiger partial charge in [-0.25, -0.2) is 0 Å². The number of likely N-dealkylation sites (N-methyl/N-ethyl adjacent to an activating group) is 1. The van der Waals surface area contributed by atoms with Crippen molar-refractivity contribution in [1.29, 1.82) is 0 Å². The number of rotatable bonds is 6. The van der Waals surface area contributed by atoms with Crippen LogP contribution >= 0.6 is 0 Å². The lowest BCUT2D eigenvalue weighted by atomic mass is 9.79. The summed E-state index contributed by atoms with van der Waals surface area (Å²) in [5, 5.41) is 3.47. The van der Waals surface area contributed by atoms with Gasteiger partial charge in [0.1, 0.15) is 0 Å². The number of hydrogen-bond donors (Lipinski definition) is 1. The second kappa shape index (κ2) is 5.89. The van der Waals surface area contributed by atoms with Crippen molar-refractivity contribution in [2.75, 3.05) is 13.7 Å². The van der Waals surface area contributed by atoms with Gasteiger partial charge in [-0.1, -0.05) is 6.92 Å². The molecule has 1 rings (SSSR count). The van der Waals surface area contributed by atoms with E-state index in [9.17, 15) is 0 Å². The van der Waals surface area contributed by atoms with Crippen LogP contribution in [0.5, 0.6) is 0 Å². The topological polar surface area (TPSA) is 30.5 Å². The van der Waals surface area contributed by atoms with Crippen molar-refractivity contribution in [1.82, 2.24) is 5.32 Å². The Hall–Kier alpha value is -0.120. The molecular formula is C15H31NO2. The average molecular weight is 257 g/mol. The van der Waals surface area contributed by atoms with Gasteiger partial charge in [0.05, 0.1) is 17.3 Å². The van der Waals surface area contributed by atoms with Gasteiger partial charge in [0.15, 0.2) is 0 Å². The molecule has 1 saturated heterocycles. The van der Waals surface area contributed by atoms with E-state index in [1.165, 1.54) is 0 Å². The Kier molecular flexibility index (Phi) is 5.22. The molecule has 0 bridgehead atoms. The van der Waals surface area contributed by atoms with E-state index in [1.54, 1.807) is 0 Å². The summed E-state index contributed by atoms with van der Waals surface area (Å²) < 4.78 is 12.1. The molecule has 0 spiro atoms. The van der Waals surface area contributed by atoms with E-state index in [-0.39, 0.29) is 17.3 Å². The molecule has 0 radical (unpaired) electrons. The lowest BCUT2D eigenvalue weighted by molar-refractivity contribution is -0.0857. The zero-order valence-electron chi connectivity index (χ0n) is 13.2. The van der Waals surface area contributed by atoms with Crippen molar-refractivity contribution in [3.63, 3.8) is 0 Å². The highest BCUT2D eigenvalue weighted by Crippen LogP contribution is 2.44. The molecule has 0 aromatic heterocycles. The van der Waals surface area contributed by atoms with E-state index in [4.69, 9.17) is 9.47 Å². The lowest BCUT2D eigenvalue weighted by Crippen LogP contribution is -2.50. The summed E-state index contributed by atoms with van der Waals surface area (Å²) >= 11 is 0. The summed E-state index contributed by atoms with van der Waals surface area (Å²) in [5.74, 6) is 0.481. The van der Waals surface area contributed by atoms with Crippen LogP contribution in [0.1, 0.15) is 54.4 Å². The van der Waals surface area contributed by atoms with Gasteiger partial charge in [-0.3, -0.25) is 0 Å². The van der Waals surface area contributed by atoms with Gasteiger partial charge in [0.2, 0.25) is 0 Å². The Bertz CT molecular complexity index is 263. The largest absolute Gasteiger partial charge is 0.377 e. The van der Waals surface area contributed by atoms with Crippen molar-refractivity contribution >= 4 is 0 Å². The van der Waals surface area contributed by atoms with Gasteiger partial charge in [-0.15, -0.1) is 0 Å². The summed E-state index contributed by atoms with van der Waals surface area (Å²) in [6.07, 6.45) is 2.38. The molecule has 18 heavy (non-hydrogen) atoms. The molecule has 0 saturated carbocycles. The Morgan fingerprint density at radius 3 is 2.22 bits per heavy atom. The third-order valence-electron chi connectivity index (χ3n) is 4.09. The third-order valence-corrected chi connectivity index (χ3v) is 4.09. The average Bonchev–Trinajstić information content (AvgIpc) is 2.47. The molecule has 1 aliphatic heterocycles. The van der Waals surface area contributed by atoms with Crippen LogP contribution in [0, 0.1) is 5.92 Å². The minimum absolute atomic E-state index is 0.0340. The van der Waals surface area contributed by atoms with Crippen LogP contribution in [0.2, 0.25) is 0 Å². The maximum absolute atomic E-state index is 6.21. The van der Waals surface area contributed by atoms with Crippen molar-refractivity contribution in [2.45, 2.75) is 77.7 Å². The first kappa shape index (κ1) is 15.9. The molecule has 1 aliphatic rings. The van der Waals surface area contributed by atoms with Crippen molar-refractivity contribution in [3.05, 3.63) is 0 Å². The fraction of sp³-hybridized carbons (Fsp3) is 1.00. The minimum atomic E-state index is -0.0955. The van der Waals surface area contributed by atoms with Crippen LogP contribution in [-0.4, -0.2) is 37.0 Å². The predicted molar refractivity (Wildman–Crippen MR) is 75.9 cm³/mol. The molecule has 108 valence electrons. The highest BCUT2D eigenvalue weighted by atomic mass is 16.5. The Balaban J connectivity index is 2.87. The van der Waals surface area contributed by atoms with Crippen LogP contribution in [0.4, 0.5) is 0 Å². The molecule has 0 aliphatic carbocycles. The smallest absolute Gasteiger partial charge is 0.0728 e. The first-order valence-corrected chi connectivity index (χ1v) is 7.26. The van der Waals surface area contributed by atoms with Crippen LogP contribution in [0.3, 0.4) is 0 Å². The van der Waals surface area contributed by atoms with Gasteiger partial charge in [0.25, 0.3) is 0 Å².